The molecule has 0 aliphatic carbocycles. The monoisotopic (exact) mass is 367 g/mol. The number of halogens is 1. The third-order valence-electron chi connectivity index (χ3n) is 3.51. The lowest BCUT2D eigenvalue weighted by molar-refractivity contribution is -0.118. The van der Waals surface area contributed by atoms with E-state index in [4.69, 9.17) is 16.3 Å². The largest absolute Gasteiger partial charge is 0.484 e. The van der Waals surface area contributed by atoms with Crippen LogP contribution in [0.15, 0.2) is 48.8 Å². The van der Waals surface area contributed by atoms with Crippen molar-refractivity contribution in [2.24, 2.45) is 0 Å². The number of hydrogen-bond acceptors (Lipinski definition) is 5. The highest BCUT2D eigenvalue weighted by Crippen LogP contribution is 2.21. The van der Waals surface area contributed by atoms with Gasteiger partial charge in [0.05, 0.1) is 6.20 Å². The number of pyridine rings is 1. The Hall–Kier alpha value is -3.37. The number of nitriles is 1. The van der Waals surface area contributed by atoms with Crippen molar-refractivity contribution < 1.29 is 9.53 Å². The second-order valence-corrected chi connectivity index (χ2v) is 5.77. The zero-order valence-corrected chi connectivity index (χ0v) is 14.6. The summed E-state index contributed by atoms with van der Waals surface area (Å²) in [6, 6.07) is 12.4. The van der Waals surface area contributed by atoms with Crippen LogP contribution in [0.2, 0.25) is 5.02 Å². The number of amides is 1. The zero-order chi connectivity index (χ0) is 18.5. The molecule has 3 rings (SSSR count). The van der Waals surface area contributed by atoms with Crippen LogP contribution < -0.4 is 10.1 Å². The lowest BCUT2D eigenvalue weighted by Gasteiger charge is -2.10. The maximum atomic E-state index is 12.3. The molecule has 0 atom stereocenters. The van der Waals surface area contributed by atoms with Crippen molar-refractivity contribution in [2.45, 2.75) is 6.92 Å². The van der Waals surface area contributed by atoms with Crippen LogP contribution in [-0.2, 0) is 4.79 Å². The first-order valence-electron chi connectivity index (χ1n) is 7.67. The van der Waals surface area contributed by atoms with Gasteiger partial charge in [0, 0.05) is 11.2 Å². The third kappa shape index (κ3) is 3.82. The molecule has 0 aliphatic rings. The summed E-state index contributed by atoms with van der Waals surface area (Å²) >= 11 is 5.97. The Bertz CT molecular complexity index is 979. The van der Waals surface area contributed by atoms with Crippen LogP contribution in [0.3, 0.4) is 0 Å². The molecule has 0 fully saturated rings. The van der Waals surface area contributed by atoms with E-state index in [0.29, 0.717) is 16.6 Å². The van der Waals surface area contributed by atoms with E-state index in [2.05, 4.69) is 15.4 Å². The molecule has 0 radical (unpaired) electrons. The second-order valence-electron chi connectivity index (χ2n) is 5.37. The van der Waals surface area contributed by atoms with Crippen molar-refractivity contribution >= 4 is 23.3 Å². The van der Waals surface area contributed by atoms with E-state index in [0.717, 1.165) is 5.56 Å². The van der Waals surface area contributed by atoms with Gasteiger partial charge in [-0.1, -0.05) is 17.7 Å². The minimum Gasteiger partial charge on any atom is -0.484 e. The van der Waals surface area contributed by atoms with E-state index in [9.17, 15) is 10.1 Å². The molecular weight excluding hydrogens is 354 g/mol. The lowest BCUT2D eigenvalue weighted by atomic mass is 10.2. The maximum absolute atomic E-state index is 12.3. The van der Waals surface area contributed by atoms with Crippen LogP contribution in [0.1, 0.15) is 11.1 Å². The molecule has 0 saturated heterocycles. The van der Waals surface area contributed by atoms with Crippen LogP contribution in [0.4, 0.5) is 5.82 Å². The Kier molecular flexibility index (Phi) is 5.15. The first-order valence-corrected chi connectivity index (χ1v) is 8.04. The van der Waals surface area contributed by atoms with E-state index >= 15 is 0 Å². The normalized spacial score (nSPS) is 10.2. The van der Waals surface area contributed by atoms with Gasteiger partial charge in [-0.2, -0.15) is 15.0 Å². The van der Waals surface area contributed by atoms with Crippen molar-refractivity contribution in [3.63, 3.8) is 0 Å². The van der Waals surface area contributed by atoms with Crippen LogP contribution >= 0.6 is 11.6 Å². The van der Waals surface area contributed by atoms with Gasteiger partial charge in [0.1, 0.15) is 17.4 Å². The lowest BCUT2D eigenvalue weighted by Crippen LogP contribution is -2.22. The number of benzene rings is 1. The van der Waals surface area contributed by atoms with E-state index in [1.807, 2.05) is 13.0 Å². The number of anilines is 1. The average molecular weight is 368 g/mol. The molecule has 7 nitrogen and oxygen atoms in total. The fourth-order valence-corrected chi connectivity index (χ4v) is 2.34. The predicted octanol–water partition coefficient (Wildman–Crippen LogP) is 3.12. The Balaban J connectivity index is 1.74. The number of rotatable bonds is 5. The van der Waals surface area contributed by atoms with E-state index in [-0.39, 0.29) is 18.0 Å². The fraction of sp³-hybridized carbons (Fsp3) is 0.111. The highest BCUT2D eigenvalue weighted by atomic mass is 35.5. The summed E-state index contributed by atoms with van der Waals surface area (Å²) in [7, 11) is 0. The molecule has 3 aromatic rings. The molecule has 130 valence electrons. The highest BCUT2D eigenvalue weighted by Gasteiger charge is 2.16. The Labute approximate surface area is 154 Å². The van der Waals surface area contributed by atoms with E-state index < -0.39 is 5.91 Å². The molecule has 0 spiro atoms. The SMILES string of the molecule is Cc1cc(OCC(=O)Nc2c(C#N)cnn2-c2ccccn2)ccc1Cl. The predicted molar refractivity (Wildman–Crippen MR) is 96.4 cm³/mol. The zero-order valence-electron chi connectivity index (χ0n) is 13.8. The average Bonchev–Trinajstić information content (AvgIpc) is 3.06. The standard InChI is InChI=1S/C18H14ClN5O2/c1-12-8-14(5-6-15(12)19)26-11-17(25)23-18-13(9-20)10-22-24(18)16-4-2-3-7-21-16/h2-8,10H,11H2,1H3,(H,23,25). The molecule has 26 heavy (non-hydrogen) atoms. The van der Waals surface area contributed by atoms with Crippen LogP contribution in [-0.4, -0.2) is 27.3 Å². The number of carbonyl (C=O) groups excluding carboxylic acids is 1. The van der Waals surface area contributed by atoms with Crippen molar-refractivity contribution in [3.8, 4) is 17.6 Å². The van der Waals surface area contributed by atoms with Crippen molar-refractivity contribution in [3.05, 3.63) is 64.9 Å². The molecule has 8 heteroatoms. The Morgan fingerprint density at radius 1 is 1.38 bits per heavy atom. The smallest absolute Gasteiger partial charge is 0.263 e. The fourth-order valence-electron chi connectivity index (χ4n) is 2.23. The Morgan fingerprint density at radius 2 is 2.23 bits per heavy atom. The number of carbonyl (C=O) groups is 1. The molecule has 1 aromatic carbocycles. The minimum absolute atomic E-state index is 0.223. The van der Waals surface area contributed by atoms with Crippen molar-refractivity contribution in [2.75, 3.05) is 11.9 Å². The number of aromatic nitrogens is 3. The topological polar surface area (TPSA) is 92.8 Å². The maximum Gasteiger partial charge on any atom is 0.263 e. The molecule has 0 bridgehead atoms. The van der Waals surface area contributed by atoms with Gasteiger partial charge in [0.2, 0.25) is 0 Å². The minimum atomic E-state index is -0.424. The van der Waals surface area contributed by atoms with Crippen molar-refractivity contribution in [1.82, 2.24) is 14.8 Å². The van der Waals surface area contributed by atoms with Gasteiger partial charge in [0.25, 0.3) is 5.91 Å². The molecule has 1 amide bonds. The van der Waals surface area contributed by atoms with Crippen molar-refractivity contribution in [1.29, 1.82) is 5.26 Å². The summed E-state index contributed by atoms with van der Waals surface area (Å²) < 4.78 is 6.86. The van der Waals surface area contributed by atoms with Gasteiger partial charge in [-0.25, -0.2) is 4.98 Å². The molecule has 0 unspecified atom stereocenters. The number of nitrogens with zero attached hydrogens (tertiary/aromatic N) is 4. The number of hydrogen-bond donors (Lipinski definition) is 1. The van der Waals surface area contributed by atoms with Gasteiger partial charge >= 0.3 is 0 Å². The number of ether oxygens (including phenoxy) is 1. The molecule has 1 N–H and O–H groups in total. The summed E-state index contributed by atoms with van der Waals surface area (Å²) in [6.45, 7) is 1.62. The third-order valence-corrected chi connectivity index (χ3v) is 3.94. The first kappa shape index (κ1) is 17.5. The summed E-state index contributed by atoms with van der Waals surface area (Å²) in [6.07, 6.45) is 2.97. The van der Waals surface area contributed by atoms with Gasteiger partial charge < -0.3 is 10.1 Å². The highest BCUT2D eigenvalue weighted by molar-refractivity contribution is 6.31. The first-order chi connectivity index (χ1) is 12.6. The van der Waals surface area contributed by atoms with E-state index in [1.165, 1.54) is 10.9 Å². The van der Waals surface area contributed by atoms with Crippen LogP contribution in [0, 0.1) is 18.3 Å². The number of aryl methyl sites for hydroxylation is 1. The summed E-state index contributed by atoms with van der Waals surface area (Å²) in [5.74, 6) is 0.832. The second kappa shape index (κ2) is 7.68. The van der Waals surface area contributed by atoms with Gasteiger partial charge in [-0.15, -0.1) is 0 Å². The molecule has 0 saturated carbocycles. The number of nitrogens with one attached hydrogen (secondary N) is 1. The summed E-state index contributed by atoms with van der Waals surface area (Å²) in [4.78, 5) is 16.4. The summed E-state index contributed by atoms with van der Waals surface area (Å²) in [5, 5.41) is 16.6. The quantitative estimate of drug-likeness (QED) is 0.747. The Morgan fingerprint density at radius 3 is 2.92 bits per heavy atom. The van der Waals surface area contributed by atoms with Gasteiger partial charge in [-0.3, -0.25) is 4.79 Å². The van der Waals surface area contributed by atoms with Crippen LogP contribution in [0.5, 0.6) is 5.75 Å². The van der Waals surface area contributed by atoms with Crippen LogP contribution in [0.25, 0.3) is 5.82 Å². The van der Waals surface area contributed by atoms with E-state index in [1.54, 1.807) is 42.6 Å². The molecule has 0 aliphatic heterocycles. The molecule has 2 aromatic heterocycles. The molecular formula is C18H14ClN5O2. The molecule has 2 heterocycles. The van der Waals surface area contributed by atoms with Gasteiger partial charge in [0.15, 0.2) is 18.2 Å². The van der Waals surface area contributed by atoms with Gasteiger partial charge in [-0.05, 0) is 42.8 Å². The summed E-state index contributed by atoms with van der Waals surface area (Å²) in [5.41, 5.74) is 1.08.